The zero-order valence-corrected chi connectivity index (χ0v) is 18.3. The molecule has 0 radical (unpaired) electrons. The summed E-state index contributed by atoms with van der Waals surface area (Å²) in [5, 5.41) is 0. The van der Waals surface area contributed by atoms with E-state index in [4.69, 9.17) is 5.73 Å². The van der Waals surface area contributed by atoms with Gasteiger partial charge in [-0.2, -0.15) is 4.31 Å². The van der Waals surface area contributed by atoms with Crippen LogP contribution in [-0.2, 0) is 26.1 Å². The quantitative estimate of drug-likeness (QED) is 0.505. The van der Waals surface area contributed by atoms with Crippen LogP contribution in [-0.4, -0.2) is 31.7 Å². The Kier molecular flexibility index (Phi) is 7.19. The van der Waals surface area contributed by atoms with Crippen molar-refractivity contribution in [1.29, 1.82) is 0 Å². The molecule has 3 rings (SSSR count). The smallest absolute Gasteiger partial charge is 0.337 e. The first-order chi connectivity index (χ1) is 15.6. The minimum absolute atomic E-state index is 0.241. The van der Waals surface area contributed by atoms with E-state index in [1.165, 1.54) is 43.5 Å². The van der Waals surface area contributed by atoms with E-state index in [0.717, 1.165) is 10.4 Å². The maximum Gasteiger partial charge on any atom is 0.337 e. The molecule has 172 valence electrons. The standard InChI is InChI=1S/C23H20F2N2O5S/c1-32-23(29)17-9-7-15(8-10-17)14-27(21(22(26)28)16-5-3-2-4-6-16)33(30,31)18-11-12-19(24)20(25)13-18/h2-13,21H,14H2,1H3,(H2,26,28). The van der Waals surface area contributed by atoms with Crippen LogP contribution >= 0.6 is 0 Å². The summed E-state index contributed by atoms with van der Waals surface area (Å²) in [5.41, 5.74) is 6.54. The van der Waals surface area contributed by atoms with Crippen LogP contribution in [0.2, 0.25) is 0 Å². The first-order valence-corrected chi connectivity index (χ1v) is 11.1. The molecule has 1 amide bonds. The molecular weight excluding hydrogens is 454 g/mol. The Balaban J connectivity index is 2.12. The van der Waals surface area contributed by atoms with Gasteiger partial charge in [0.25, 0.3) is 0 Å². The first kappa shape index (κ1) is 24.0. The molecule has 0 aliphatic rings. The van der Waals surface area contributed by atoms with E-state index in [9.17, 15) is 26.8 Å². The van der Waals surface area contributed by atoms with Crippen molar-refractivity contribution in [3.8, 4) is 0 Å². The summed E-state index contributed by atoms with van der Waals surface area (Å²) < 4.78 is 59.7. The molecule has 7 nitrogen and oxygen atoms in total. The Morgan fingerprint density at radius 2 is 1.61 bits per heavy atom. The molecule has 0 aromatic heterocycles. The van der Waals surface area contributed by atoms with Gasteiger partial charge in [0.1, 0.15) is 6.04 Å². The third kappa shape index (κ3) is 5.24. The van der Waals surface area contributed by atoms with E-state index in [1.807, 2.05) is 0 Å². The number of carbonyl (C=O) groups is 2. The maximum atomic E-state index is 13.8. The van der Waals surface area contributed by atoms with E-state index in [2.05, 4.69) is 4.74 Å². The second-order valence-electron chi connectivity index (χ2n) is 7.03. The molecule has 0 saturated carbocycles. The summed E-state index contributed by atoms with van der Waals surface area (Å²) in [4.78, 5) is 23.6. The van der Waals surface area contributed by atoms with Crippen molar-refractivity contribution >= 4 is 21.9 Å². The van der Waals surface area contributed by atoms with Crippen LogP contribution in [0.25, 0.3) is 0 Å². The Labute approximate surface area is 189 Å². The Hall–Kier alpha value is -3.63. The van der Waals surface area contributed by atoms with Gasteiger partial charge in [-0.15, -0.1) is 0 Å². The molecule has 10 heteroatoms. The van der Waals surface area contributed by atoms with E-state index >= 15 is 0 Å². The number of rotatable bonds is 8. The number of primary amides is 1. The Morgan fingerprint density at radius 1 is 0.970 bits per heavy atom. The van der Waals surface area contributed by atoms with Gasteiger partial charge in [0.2, 0.25) is 15.9 Å². The van der Waals surface area contributed by atoms with Gasteiger partial charge >= 0.3 is 5.97 Å². The molecule has 1 atom stereocenters. The molecule has 0 heterocycles. The third-order valence-corrected chi connectivity index (χ3v) is 6.69. The molecule has 0 bridgehead atoms. The molecule has 0 aliphatic carbocycles. The van der Waals surface area contributed by atoms with Crippen molar-refractivity contribution in [2.75, 3.05) is 7.11 Å². The SMILES string of the molecule is COC(=O)c1ccc(CN(C(C(N)=O)c2ccccc2)S(=O)(=O)c2ccc(F)c(F)c2)cc1. The van der Waals surface area contributed by atoms with Gasteiger partial charge in [-0.3, -0.25) is 4.79 Å². The lowest BCUT2D eigenvalue weighted by Gasteiger charge is -2.29. The van der Waals surface area contributed by atoms with Crippen LogP contribution in [0.3, 0.4) is 0 Å². The second-order valence-corrected chi connectivity index (χ2v) is 8.92. The van der Waals surface area contributed by atoms with Crippen LogP contribution in [0.15, 0.2) is 77.7 Å². The zero-order valence-electron chi connectivity index (χ0n) is 17.4. The summed E-state index contributed by atoms with van der Waals surface area (Å²) in [5.74, 6) is -4.10. The normalized spacial score (nSPS) is 12.4. The topological polar surface area (TPSA) is 107 Å². The van der Waals surface area contributed by atoms with Crippen molar-refractivity contribution in [3.05, 3.63) is 101 Å². The number of carbonyl (C=O) groups excluding carboxylic acids is 2. The number of ether oxygens (including phenoxy) is 1. The fourth-order valence-electron chi connectivity index (χ4n) is 3.24. The van der Waals surface area contributed by atoms with Gasteiger partial charge in [0.05, 0.1) is 17.6 Å². The molecule has 0 aliphatic heterocycles. The molecule has 2 N–H and O–H groups in total. The van der Waals surface area contributed by atoms with Crippen molar-refractivity contribution in [2.24, 2.45) is 5.73 Å². The molecule has 33 heavy (non-hydrogen) atoms. The number of esters is 1. The van der Waals surface area contributed by atoms with Gasteiger partial charge in [0.15, 0.2) is 11.6 Å². The highest BCUT2D eigenvalue weighted by Crippen LogP contribution is 2.30. The maximum absolute atomic E-state index is 13.8. The monoisotopic (exact) mass is 474 g/mol. The molecule has 3 aromatic carbocycles. The number of halogens is 2. The highest BCUT2D eigenvalue weighted by molar-refractivity contribution is 7.89. The molecule has 1 unspecified atom stereocenters. The number of nitrogens with two attached hydrogens (primary N) is 1. The van der Waals surface area contributed by atoms with E-state index < -0.39 is 44.5 Å². The summed E-state index contributed by atoms with van der Waals surface area (Å²) in [6.45, 7) is -0.342. The molecule has 0 saturated heterocycles. The van der Waals surface area contributed by atoms with Crippen molar-refractivity contribution in [3.63, 3.8) is 0 Å². The lowest BCUT2D eigenvalue weighted by atomic mass is 10.1. The average molecular weight is 474 g/mol. The van der Waals surface area contributed by atoms with Crippen molar-refractivity contribution in [2.45, 2.75) is 17.5 Å². The number of amides is 1. The predicted octanol–water partition coefficient (Wildman–Crippen LogP) is 3.17. The van der Waals surface area contributed by atoms with Crippen LogP contribution in [0.5, 0.6) is 0 Å². The minimum atomic E-state index is -4.53. The third-order valence-electron chi connectivity index (χ3n) is 4.88. The fraction of sp³-hybridized carbons (Fsp3) is 0.130. The van der Waals surface area contributed by atoms with Crippen LogP contribution in [0.1, 0.15) is 27.5 Å². The van der Waals surface area contributed by atoms with Crippen LogP contribution in [0, 0.1) is 11.6 Å². The number of methoxy groups -OCH3 is 1. The number of benzene rings is 3. The van der Waals surface area contributed by atoms with E-state index in [0.29, 0.717) is 23.3 Å². The lowest BCUT2D eigenvalue weighted by Crippen LogP contribution is -2.41. The number of sulfonamides is 1. The van der Waals surface area contributed by atoms with Crippen molar-refractivity contribution < 1.29 is 31.5 Å². The molecule has 0 spiro atoms. The zero-order chi connectivity index (χ0) is 24.2. The predicted molar refractivity (Wildman–Crippen MR) is 115 cm³/mol. The highest BCUT2D eigenvalue weighted by Gasteiger charge is 2.36. The van der Waals surface area contributed by atoms with Crippen LogP contribution < -0.4 is 5.73 Å². The second kappa shape index (κ2) is 9.88. The summed E-state index contributed by atoms with van der Waals surface area (Å²) in [6.07, 6.45) is 0. The largest absolute Gasteiger partial charge is 0.465 e. The number of nitrogens with zero attached hydrogens (tertiary/aromatic N) is 1. The highest BCUT2D eigenvalue weighted by atomic mass is 32.2. The van der Waals surface area contributed by atoms with Crippen LogP contribution in [0.4, 0.5) is 8.78 Å². The van der Waals surface area contributed by atoms with Gasteiger partial charge < -0.3 is 10.5 Å². The Bertz CT molecular complexity index is 1270. The van der Waals surface area contributed by atoms with Crippen molar-refractivity contribution in [1.82, 2.24) is 4.31 Å². The fourth-order valence-corrected chi connectivity index (χ4v) is 4.82. The lowest BCUT2D eigenvalue weighted by molar-refractivity contribution is -0.122. The number of hydrogen-bond donors (Lipinski definition) is 1. The summed E-state index contributed by atoms with van der Waals surface area (Å²) in [6, 6.07) is 14.5. The summed E-state index contributed by atoms with van der Waals surface area (Å²) >= 11 is 0. The average Bonchev–Trinajstić information content (AvgIpc) is 2.80. The molecular formula is C23H20F2N2O5S. The Morgan fingerprint density at radius 3 is 2.15 bits per heavy atom. The minimum Gasteiger partial charge on any atom is -0.465 e. The summed E-state index contributed by atoms with van der Waals surface area (Å²) in [7, 11) is -3.30. The molecule has 0 fully saturated rings. The van der Waals surface area contributed by atoms with Gasteiger partial charge in [-0.25, -0.2) is 22.0 Å². The van der Waals surface area contributed by atoms with Gasteiger partial charge in [0, 0.05) is 6.54 Å². The van der Waals surface area contributed by atoms with Gasteiger partial charge in [-0.05, 0) is 41.5 Å². The van der Waals surface area contributed by atoms with E-state index in [1.54, 1.807) is 18.2 Å². The first-order valence-electron chi connectivity index (χ1n) is 9.63. The number of hydrogen-bond acceptors (Lipinski definition) is 5. The molecule has 3 aromatic rings. The van der Waals surface area contributed by atoms with E-state index in [-0.39, 0.29) is 12.1 Å². The van der Waals surface area contributed by atoms with Gasteiger partial charge in [-0.1, -0.05) is 42.5 Å².